The first kappa shape index (κ1) is 17.8. The van der Waals surface area contributed by atoms with Gasteiger partial charge in [-0.05, 0) is 54.8 Å². The van der Waals surface area contributed by atoms with Crippen LogP contribution in [0.2, 0.25) is 10.0 Å². The van der Waals surface area contributed by atoms with Crippen LogP contribution < -0.4 is 10.2 Å². The molecule has 0 spiro atoms. The fourth-order valence-electron chi connectivity index (χ4n) is 2.81. The molecule has 2 aromatic carbocycles. The van der Waals surface area contributed by atoms with E-state index < -0.39 is 0 Å². The molecule has 1 N–H and O–H groups in total. The number of nitrogens with one attached hydrogen (secondary N) is 1. The van der Waals surface area contributed by atoms with Crippen LogP contribution in [-0.4, -0.2) is 18.4 Å². The normalized spacial score (nSPS) is 14.5. The van der Waals surface area contributed by atoms with Crippen LogP contribution in [0.4, 0.5) is 5.69 Å². The summed E-state index contributed by atoms with van der Waals surface area (Å²) in [4.78, 5) is 26.0. The number of halogens is 2. The highest BCUT2D eigenvalue weighted by atomic mass is 35.5. The van der Waals surface area contributed by atoms with Gasteiger partial charge in [0, 0.05) is 40.8 Å². The molecular formula is C19H18Cl2N2O2. The Morgan fingerprint density at radius 1 is 1.08 bits per heavy atom. The highest BCUT2D eigenvalue weighted by Crippen LogP contribution is 2.22. The van der Waals surface area contributed by atoms with Gasteiger partial charge in [-0.3, -0.25) is 9.59 Å². The molecule has 0 aliphatic carbocycles. The lowest BCUT2D eigenvalue weighted by Gasteiger charge is -2.26. The van der Waals surface area contributed by atoms with Crippen LogP contribution in [0.5, 0.6) is 0 Å². The molecule has 1 heterocycles. The fourth-order valence-corrected chi connectivity index (χ4v) is 3.29. The first-order valence-electron chi connectivity index (χ1n) is 8.17. The summed E-state index contributed by atoms with van der Waals surface area (Å²) in [6.45, 7) is 1.06. The van der Waals surface area contributed by atoms with Gasteiger partial charge in [-0.2, -0.15) is 0 Å². The Morgan fingerprint density at radius 2 is 1.84 bits per heavy atom. The van der Waals surface area contributed by atoms with E-state index in [1.165, 1.54) is 0 Å². The van der Waals surface area contributed by atoms with Crippen LogP contribution >= 0.6 is 23.2 Å². The van der Waals surface area contributed by atoms with E-state index >= 15 is 0 Å². The van der Waals surface area contributed by atoms with Crippen molar-refractivity contribution in [2.24, 2.45) is 0 Å². The maximum Gasteiger partial charge on any atom is 0.251 e. The minimum Gasteiger partial charge on any atom is -0.348 e. The summed E-state index contributed by atoms with van der Waals surface area (Å²) in [7, 11) is 0. The summed E-state index contributed by atoms with van der Waals surface area (Å²) >= 11 is 12.0. The van der Waals surface area contributed by atoms with Gasteiger partial charge in [0.1, 0.15) is 0 Å². The molecule has 1 saturated heterocycles. The summed E-state index contributed by atoms with van der Waals surface area (Å²) < 4.78 is 0. The standard InChI is InChI=1S/C19H18Cl2N2O2/c20-15-7-4-14(17(21)11-15)12-22-19(25)13-5-8-16(9-6-13)23-10-2-1-3-18(23)24/h4-9,11H,1-3,10,12H2,(H,22,25). The van der Waals surface area contributed by atoms with E-state index in [1.54, 1.807) is 35.2 Å². The second-order valence-electron chi connectivity index (χ2n) is 5.97. The molecule has 4 nitrogen and oxygen atoms in total. The molecule has 1 aliphatic rings. The number of amides is 2. The second kappa shape index (κ2) is 7.89. The molecule has 2 aromatic rings. The molecule has 6 heteroatoms. The van der Waals surface area contributed by atoms with Crippen LogP contribution in [-0.2, 0) is 11.3 Å². The predicted molar refractivity (Wildman–Crippen MR) is 100 cm³/mol. The van der Waals surface area contributed by atoms with Gasteiger partial charge in [0.25, 0.3) is 5.91 Å². The Balaban J connectivity index is 1.63. The average molecular weight is 377 g/mol. The van der Waals surface area contributed by atoms with Crippen molar-refractivity contribution in [1.29, 1.82) is 0 Å². The van der Waals surface area contributed by atoms with E-state index in [9.17, 15) is 9.59 Å². The Kier molecular flexibility index (Phi) is 5.61. The largest absolute Gasteiger partial charge is 0.348 e. The molecule has 130 valence electrons. The summed E-state index contributed by atoms with van der Waals surface area (Å²) in [6.07, 6.45) is 2.54. The predicted octanol–water partition coefficient (Wildman–Crippen LogP) is 4.44. The summed E-state index contributed by atoms with van der Waals surface area (Å²) in [5.74, 6) is -0.0524. The summed E-state index contributed by atoms with van der Waals surface area (Å²) in [5, 5.41) is 3.91. The second-order valence-corrected chi connectivity index (χ2v) is 6.81. The third kappa shape index (κ3) is 4.33. The van der Waals surface area contributed by atoms with Gasteiger partial charge < -0.3 is 10.2 Å². The number of anilines is 1. The lowest BCUT2D eigenvalue weighted by atomic mass is 10.1. The average Bonchev–Trinajstić information content (AvgIpc) is 2.61. The number of rotatable bonds is 4. The van der Waals surface area contributed by atoms with Crippen molar-refractivity contribution in [3.8, 4) is 0 Å². The molecule has 0 saturated carbocycles. The van der Waals surface area contributed by atoms with Crippen LogP contribution in [0.1, 0.15) is 35.2 Å². The number of carbonyl (C=O) groups excluding carboxylic acids is 2. The third-order valence-electron chi connectivity index (χ3n) is 4.22. The van der Waals surface area contributed by atoms with E-state index in [4.69, 9.17) is 23.2 Å². The molecule has 1 aliphatic heterocycles. The lowest BCUT2D eigenvalue weighted by molar-refractivity contribution is -0.119. The minimum absolute atomic E-state index is 0.140. The van der Waals surface area contributed by atoms with Crippen LogP contribution in [0.3, 0.4) is 0 Å². The van der Waals surface area contributed by atoms with Crippen LogP contribution in [0, 0.1) is 0 Å². The summed E-state index contributed by atoms with van der Waals surface area (Å²) in [6, 6.07) is 12.3. The molecule has 1 fully saturated rings. The molecular weight excluding hydrogens is 359 g/mol. The maximum absolute atomic E-state index is 12.3. The van der Waals surface area contributed by atoms with E-state index in [0.29, 0.717) is 28.6 Å². The first-order valence-corrected chi connectivity index (χ1v) is 8.93. The van der Waals surface area contributed by atoms with Crippen molar-refractivity contribution in [1.82, 2.24) is 5.32 Å². The van der Waals surface area contributed by atoms with Gasteiger partial charge >= 0.3 is 0 Å². The molecule has 2 amide bonds. The molecule has 3 rings (SSSR count). The van der Waals surface area contributed by atoms with Gasteiger partial charge in [0.15, 0.2) is 0 Å². The zero-order valence-corrected chi connectivity index (χ0v) is 15.1. The maximum atomic E-state index is 12.3. The number of hydrogen-bond acceptors (Lipinski definition) is 2. The van der Waals surface area contributed by atoms with Crippen molar-refractivity contribution in [2.75, 3.05) is 11.4 Å². The van der Waals surface area contributed by atoms with E-state index in [-0.39, 0.29) is 11.8 Å². The molecule has 0 atom stereocenters. The zero-order chi connectivity index (χ0) is 17.8. The monoisotopic (exact) mass is 376 g/mol. The topological polar surface area (TPSA) is 49.4 Å². The van der Waals surface area contributed by atoms with E-state index in [0.717, 1.165) is 30.6 Å². The van der Waals surface area contributed by atoms with Gasteiger partial charge in [-0.25, -0.2) is 0 Å². The quantitative estimate of drug-likeness (QED) is 0.857. The van der Waals surface area contributed by atoms with E-state index in [2.05, 4.69) is 5.32 Å². The Labute approximate surface area is 156 Å². The molecule has 0 bridgehead atoms. The lowest BCUT2D eigenvalue weighted by Crippen LogP contribution is -2.35. The van der Waals surface area contributed by atoms with Crippen molar-refractivity contribution < 1.29 is 9.59 Å². The van der Waals surface area contributed by atoms with Crippen molar-refractivity contribution in [2.45, 2.75) is 25.8 Å². The Hall–Kier alpha value is -2.04. The van der Waals surface area contributed by atoms with Crippen LogP contribution in [0.25, 0.3) is 0 Å². The SMILES string of the molecule is O=C(NCc1ccc(Cl)cc1Cl)c1ccc(N2CCCCC2=O)cc1. The third-order valence-corrected chi connectivity index (χ3v) is 4.81. The number of carbonyl (C=O) groups is 2. The highest BCUT2D eigenvalue weighted by Gasteiger charge is 2.19. The number of benzene rings is 2. The van der Waals surface area contributed by atoms with Crippen molar-refractivity contribution in [3.63, 3.8) is 0 Å². The summed E-state index contributed by atoms with van der Waals surface area (Å²) in [5.41, 5.74) is 2.18. The smallest absolute Gasteiger partial charge is 0.251 e. The number of piperidine rings is 1. The number of nitrogens with zero attached hydrogens (tertiary/aromatic N) is 1. The van der Waals surface area contributed by atoms with E-state index in [1.807, 2.05) is 12.1 Å². The molecule has 0 unspecified atom stereocenters. The fraction of sp³-hybridized carbons (Fsp3) is 0.263. The first-order chi connectivity index (χ1) is 12.0. The highest BCUT2D eigenvalue weighted by molar-refractivity contribution is 6.35. The van der Waals surface area contributed by atoms with Gasteiger partial charge in [0.2, 0.25) is 5.91 Å². The molecule has 0 aromatic heterocycles. The number of hydrogen-bond donors (Lipinski definition) is 1. The molecule has 0 radical (unpaired) electrons. The van der Waals surface area contributed by atoms with Crippen molar-refractivity contribution in [3.05, 3.63) is 63.6 Å². The van der Waals surface area contributed by atoms with Gasteiger partial charge in [0.05, 0.1) is 0 Å². The minimum atomic E-state index is -0.192. The van der Waals surface area contributed by atoms with Gasteiger partial charge in [-0.15, -0.1) is 0 Å². The van der Waals surface area contributed by atoms with Crippen LogP contribution in [0.15, 0.2) is 42.5 Å². The Morgan fingerprint density at radius 3 is 2.52 bits per heavy atom. The van der Waals surface area contributed by atoms with Gasteiger partial charge in [-0.1, -0.05) is 29.3 Å². The van der Waals surface area contributed by atoms with Crippen molar-refractivity contribution >= 4 is 40.7 Å². The zero-order valence-electron chi connectivity index (χ0n) is 13.6. The Bertz CT molecular complexity index is 791. The molecule has 25 heavy (non-hydrogen) atoms.